The Labute approximate surface area is 175 Å². The molecule has 4 rings (SSSR count). The van der Waals surface area contributed by atoms with Crippen LogP contribution in [0.3, 0.4) is 0 Å². The standard InChI is InChI=1S/C8H11Si.3C6H5.Sn/c1-6-4-3-5-8(9)7(6)2;3*1-2-4-6-5-3-1;/h3,5H,1-2,9H3;3*1-5H;. The summed E-state index contributed by atoms with van der Waals surface area (Å²) in [4.78, 5) is 0. The van der Waals surface area contributed by atoms with Gasteiger partial charge in [-0.1, -0.05) is 0 Å². The van der Waals surface area contributed by atoms with Gasteiger partial charge in [-0.05, 0) is 0 Å². The fraction of sp³-hybridized carbons (Fsp3) is 0.0769. The maximum atomic E-state index is 2.45. The molecule has 0 unspecified atom stereocenters. The van der Waals surface area contributed by atoms with E-state index in [0.29, 0.717) is 0 Å². The normalized spacial score (nSPS) is 11.5. The molecular formula is C26H26SiSn. The van der Waals surface area contributed by atoms with Crippen LogP contribution in [0.4, 0.5) is 0 Å². The number of benzene rings is 4. The van der Waals surface area contributed by atoms with E-state index in [1.54, 1.807) is 3.58 Å². The van der Waals surface area contributed by atoms with Crippen LogP contribution in [0.15, 0.2) is 103 Å². The summed E-state index contributed by atoms with van der Waals surface area (Å²) in [6.07, 6.45) is 0. The monoisotopic (exact) mass is 486 g/mol. The van der Waals surface area contributed by atoms with Gasteiger partial charge in [-0.25, -0.2) is 0 Å². The summed E-state index contributed by atoms with van der Waals surface area (Å²) in [6, 6.07) is 38.6. The molecule has 0 saturated carbocycles. The van der Waals surface area contributed by atoms with Crippen molar-refractivity contribution in [2.75, 3.05) is 0 Å². The van der Waals surface area contributed by atoms with E-state index in [0.717, 1.165) is 10.2 Å². The molecule has 4 aromatic rings. The van der Waals surface area contributed by atoms with Crippen molar-refractivity contribution in [3.8, 4) is 0 Å². The molecule has 0 atom stereocenters. The van der Waals surface area contributed by atoms with Gasteiger partial charge in [-0.3, -0.25) is 0 Å². The van der Waals surface area contributed by atoms with Crippen LogP contribution in [0.5, 0.6) is 0 Å². The predicted octanol–water partition coefficient (Wildman–Crippen LogP) is 1.67. The van der Waals surface area contributed by atoms with Gasteiger partial charge in [0, 0.05) is 0 Å². The van der Waals surface area contributed by atoms with E-state index in [1.807, 2.05) is 0 Å². The van der Waals surface area contributed by atoms with Crippen molar-refractivity contribution in [2.45, 2.75) is 13.8 Å². The van der Waals surface area contributed by atoms with E-state index in [9.17, 15) is 0 Å². The molecule has 0 bridgehead atoms. The number of hydrogen-bond acceptors (Lipinski definition) is 0. The first-order valence-corrected chi connectivity index (χ1v) is 16.6. The first-order valence-electron chi connectivity index (χ1n) is 9.89. The summed E-state index contributed by atoms with van der Waals surface area (Å²) >= 11 is -3.43. The molecule has 0 heterocycles. The molecule has 0 fully saturated rings. The van der Waals surface area contributed by atoms with E-state index >= 15 is 0 Å². The Morgan fingerprint density at radius 1 is 0.500 bits per heavy atom. The average molecular weight is 485 g/mol. The van der Waals surface area contributed by atoms with Gasteiger partial charge in [-0.2, -0.15) is 0 Å². The van der Waals surface area contributed by atoms with Crippen molar-refractivity contribution < 1.29 is 0 Å². The molecule has 0 aromatic heterocycles. The van der Waals surface area contributed by atoms with Gasteiger partial charge in [0.1, 0.15) is 0 Å². The fourth-order valence-corrected chi connectivity index (χ4v) is 19.5. The van der Waals surface area contributed by atoms with Gasteiger partial charge < -0.3 is 0 Å². The molecule has 0 aliphatic carbocycles. The Hall–Kier alpha value is -2.10. The topological polar surface area (TPSA) is 0 Å². The third kappa shape index (κ3) is 3.17. The summed E-state index contributed by atoms with van der Waals surface area (Å²) in [5.41, 5.74) is 2.97. The van der Waals surface area contributed by atoms with Crippen LogP contribution in [0, 0.1) is 13.8 Å². The van der Waals surface area contributed by atoms with Gasteiger partial charge in [0.25, 0.3) is 0 Å². The minimum atomic E-state index is -3.43. The third-order valence-electron chi connectivity index (χ3n) is 6.08. The molecule has 0 aliphatic rings. The molecule has 2 heteroatoms. The van der Waals surface area contributed by atoms with Crippen molar-refractivity contribution in [3.05, 3.63) is 114 Å². The molecule has 0 aliphatic heterocycles. The van der Waals surface area contributed by atoms with Crippen LogP contribution in [-0.4, -0.2) is 28.6 Å². The van der Waals surface area contributed by atoms with Gasteiger partial charge in [0.05, 0.1) is 0 Å². The second-order valence-corrected chi connectivity index (χ2v) is 19.4. The van der Waals surface area contributed by atoms with Crippen molar-refractivity contribution in [1.82, 2.24) is 0 Å². The SMILES string of the molecule is Cc1c([SiH3])cc[c]([Sn]([c]2ccccc2)([c]2ccccc2)[c]2ccccc2)c1C. The molecule has 28 heavy (non-hydrogen) atoms. The average Bonchev–Trinajstić information content (AvgIpc) is 2.76. The second-order valence-electron chi connectivity index (χ2n) is 7.53. The minimum absolute atomic E-state index is 1.09. The van der Waals surface area contributed by atoms with Crippen LogP contribution < -0.4 is 19.5 Å². The number of hydrogen-bond donors (Lipinski definition) is 0. The molecule has 0 amide bonds. The van der Waals surface area contributed by atoms with Crippen molar-refractivity contribution in [1.29, 1.82) is 0 Å². The zero-order valence-corrected chi connectivity index (χ0v) is 21.7. The van der Waals surface area contributed by atoms with Gasteiger partial charge in [-0.15, -0.1) is 0 Å². The quantitative estimate of drug-likeness (QED) is 0.386. The molecule has 0 N–H and O–H groups in total. The van der Waals surface area contributed by atoms with Crippen LogP contribution in [0.25, 0.3) is 0 Å². The first-order chi connectivity index (χ1) is 13.7. The Kier molecular flexibility index (Phi) is 5.56. The van der Waals surface area contributed by atoms with Crippen molar-refractivity contribution in [2.24, 2.45) is 0 Å². The molecular weight excluding hydrogens is 459 g/mol. The molecule has 0 saturated heterocycles. The van der Waals surface area contributed by atoms with E-state index < -0.39 is 18.4 Å². The molecule has 138 valence electrons. The van der Waals surface area contributed by atoms with Crippen molar-refractivity contribution in [3.63, 3.8) is 0 Å². The zero-order valence-electron chi connectivity index (χ0n) is 16.8. The van der Waals surface area contributed by atoms with E-state index in [2.05, 4.69) is 117 Å². The predicted molar refractivity (Wildman–Crippen MR) is 129 cm³/mol. The van der Waals surface area contributed by atoms with E-state index in [-0.39, 0.29) is 0 Å². The fourth-order valence-electron chi connectivity index (χ4n) is 4.39. The molecule has 0 nitrogen and oxygen atoms in total. The Balaban J connectivity index is 2.19. The van der Waals surface area contributed by atoms with Crippen LogP contribution in [0.2, 0.25) is 0 Å². The van der Waals surface area contributed by atoms with E-state index in [4.69, 9.17) is 0 Å². The van der Waals surface area contributed by atoms with Gasteiger partial charge >= 0.3 is 176 Å². The van der Waals surface area contributed by atoms with E-state index in [1.165, 1.54) is 27.1 Å². The molecule has 0 radical (unpaired) electrons. The number of rotatable bonds is 4. The van der Waals surface area contributed by atoms with Gasteiger partial charge in [0.2, 0.25) is 0 Å². The first kappa shape index (κ1) is 19.2. The summed E-state index contributed by atoms with van der Waals surface area (Å²) in [5.74, 6) is 0. The molecule has 4 aromatic carbocycles. The molecule has 0 spiro atoms. The van der Waals surface area contributed by atoms with Crippen LogP contribution in [0.1, 0.15) is 11.1 Å². The van der Waals surface area contributed by atoms with Crippen LogP contribution >= 0.6 is 0 Å². The summed E-state index contributed by atoms with van der Waals surface area (Å²) in [6.45, 7) is 4.64. The third-order valence-corrected chi connectivity index (χ3v) is 21.3. The Bertz CT molecular complexity index is 977. The van der Waals surface area contributed by atoms with Crippen LogP contribution in [-0.2, 0) is 0 Å². The summed E-state index contributed by atoms with van der Waals surface area (Å²) < 4.78 is 6.11. The Morgan fingerprint density at radius 2 is 0.893 bits per heavy atom. The summed E-state index contributed by atoms with van der Waals surface area (Å²) in [5, 5.41) is 1.51. The Morgan fingerprint density at radius 3 is 1.29 bits per heavy atom. The second kappa shape index (κ2) is 8.10. The summed E-state index contributed by atoms with van der Waals surface area (Å²) in [7, 11) is 1.09. The van der Waals surface area contributed by atoms with Gasteiger partial charge in [0.15, 0.2) is 0 Å². The maximum absolute atomic E-state index is 3.43. The van der Waals surface area contributed by atoms with Crippen molar-refractivity contribution >= 4 is 48.1 Å². The zero-order chi connectivity index (χ0) is 19.6.